The van der Waals surface area contributed by atoms with Crippen molar-refractivity contribution in [3.05, 3.63) is 77.5 Å². The van der Waals surface area contributed by atoms with Gasteiger partial charge in [0.2, 0.25) is 5.91 Å². The molecule has 0 saturated carbocycles. The van der Waals surface area contributed by atoms with Crippen LogP contribution in [0.2, 0.25) is 0 Å². The third kappa shape index (κ3) is 5.06. The molecule has 2 atom stereocenters. The number of aryl methyl sites for hydroxylation is 2. The summed E-state index contributed by atoms with van der Waals surface area (Å²) in [5.74, 6) is 0.418. The molecule has 1 aromatic heterocycles. The number of rotatable bonds is 8. The molecule has 1 saturated heterocycles. The number of para-hydroxylation sites is 1. The molecule has 0 spiro atoms. The Balaban J connectivity index is 1.29. The highest BCUT2D eigenvalue weighted by Gasteiger charge is 2.29. The minimum absolute atomic E-state index is 0.0771. The number of ether oxygens (including phenoxy) is 1. The maximum Gasteiger partial charge on any atom is 0.220 e. The van der Waals surface area contributed by atoms with E-state index in [9.17, 15) is 4.79 Å². The Morgan fingerprint density at radius 3 is 2.70 bits per heavy atom. The topological polar surface area (TPSA) is 51.2 Å². The molecule has 0 aliphatic carbocycles. The zero-order valence-corrected chi connectivity index (χ0v) is 17.6. The first-order chi connectivity index (χ1) is 14.7. The van der Waals surface area contributed by atoms with Crippen molar-refractivity contribution in [2.75, 3.05) is 13.2 Å². The second-order valence-electron chi connectivity index (χ2n) is 8.19. The number of fused-ring (bicyclic) bond motifs is 1. The third-order valence-electron chi connectivity index (χ3n) is 6.07. The minimum Gasteiger partial charge on any atom is -0.379 e. The van der Waals surface area contributed by atoms with Gasteiger partial charge in [-0.15, -0.1) is 0 Å². The summed E-state index contributed by atoms with van der Waals surface area (Å²) in [6.45, 7) is 3.44. The lowest BCUT2D eigenvalue weighted by molar-refractivity contribution is -0.122. The number of carbonyl (C=O) groups is 1. The van der Waals surface area contributed by atoms with Crippen LogP contribution in [0.25, 0.3) is 10.9 Å². The maximum atomic E-state index is 12.5. The van der Waals surface area contributed by atoms with Gasteiger partial charge in [-0.25, -0.2) is 0 Å². The van der Waals surface area contributed by atoms with Gasteiger partial charge in [0.15, 0.2) is 0 Å². The molecule has 3 aromatic rings. The lowest BCUT2D eigenvalue weighted by atomic mass is 9.93. The quantitative estimate of drug-likeness (QED) is 0.604. The molecule has 156 valence electrons. The van der Waals surface area contributed by atoms with Gasteiger partial charge in [0.25, 0.3) is 0 Å². The van der Waals surface area contributed by atoms with Crippen molar-refractivity contribution in [1.29, 1.82) is 0 Å². The highest BCUT2D eigenvalue weighted by Crippen LogP contribution is 2.24. The van der Waals surface area contributed by atoms with Crippen molar-refractivity contribution in [2.45, 2.75) is 45.1 Å². The van der Waals surface area contributed by atoms with E-state index in [0.717, 1.165) is 31.2 Å². The highest BCUT2D eigenvalue weighted by molar-refractivity contribution is 5.82. The lowest BCUT2D eigenvalue weighted by Crippen LogP contribution is -2.40. The van der Waals surface area contributed by atoms with Gasteiger partial charge in [-0.3, -0.25) is 9.78 Å². The Labute approximate surface area is 178 Å². The second kappa shape index (κ2) is 9.86. The molecule has 4 rings (SSSR count). The summed E-state index contributed by atoms with van der Waals surface area (Å²) in [4.78, 5) is 17.0. The predicted octanol–water partition coefficient (Wildman–Crippen LogP) is 4.49. The average Bonchev–Trinajstić information content (AvgIpc) is 3.21. The normalized spacial score (nSPS) is 18.6. The highest BCUT2D eigenvalue weighted by atomic mass is 16.5. The summed E-state index contributed by atoms with van der Waals surface area (Å²) in [5.41, 5.74) is 4.93. The van der Waals surface area contributed by atoms with Crippen LogP contribution in [0.5, 0.6) is 0 Å². The first-order valence-corrected chi connectivity index (χ1v) is 11.0. The van der Waals surface area contributed by atoms with E-state index in [1.807, 2.05) is 24.4 Å². The zero-order chi connectivity index (χ0) is 20.8. The van der Waals surface area contributed by atoms with Crippen LogP contribution in [-0.2, 0) is 28.8 Å². The lowest BCUT2D eigenvalue weighted by Gasteiger charge is -2.20. The molecule has 2 aromatic carbocycles. The Morgan fingerprint density at radius 1 is 1.07 bits per heavy atom. The number of nitrogens with zero attached hydrogens (tertiary/aromatic N) is 1. The fourth-order valence-electron chi connectivity index (χ4n) is 4.25. The minimum atomic E-state index is 0.0771. The molecule has 1 fully saturated rings. The van der Waals surface area contributed by atoms with Crippen LogP contribution in [0.15, 0.2) is 60.8 Å². The van der Waals surface area contributed by atoms with E-state index < -0.39 is 0 Å². The van der Waals surface area contributed by atoms with Gasteiger partial charge in [-0.2, -0.15) is 0 Å². The fourth-order valence-corrected chi connectivity index (χ4v) is 4.25. The number of aromatic nitrogens is 1. The van der Waals surface area contributed by atoms with Crippen LogP contribution < -0.4 is 5.32 Å². The zero-order valence-electron chi connectivity index (χ0n) is 17.6. The van der Waals surface area contributed by atoms with Crippen LogP contribution >= 0.6 is 0 Å². The molecule has 1 N–H and O–H groups in total. The van der Waals surface area contributed by atoms with Crippen LogP contribution in [-0.4, -0.2) is 30.1 Å². The van der Waals surface area contributed by atoms with Crippen LogP contribution in [0.3, 0.4) is 0 Å². The monoisotopic (exact) mass is 402 g/mol. The van der Waals surface area contributed by atoms with Gasteiger partial charge in [0, 0.05) is 23.9 Å². The number of nitrogens with one attached hydrogen (secondary N) is 1. The van der Waals surface area contributed by atoms with Crippen molar-refractivity contribution in [3.63, 3.8) is 0 Å². The molecule has 2 heterocycles. The van der Waals surface area contributed by atoms with Crippen LogP contribution in [0, 0.1) is 5.92 Å². The molecule has 30 heavy (non-hydrogen) atoms. The average molecular weight is 403 g/mol. The molecule has 0 unspecified atom stereocenters. The van der Waals surface area contributed by atoms with Gasteiger partial charge in [0.05, 0.1) is 24.8 Å². The fraction of sp³-hybridized carbons (Fsp3) is 0.385. The van der Waals surface area contributed by atoms with E-state index in [4.69, 9.17) is 4.74 Å². The molecule has 1 aliphatic heterocycles. The standard InChI is InChI=1S/C26H30N2O2/c1-2-19-10-12-20(13-11-19)6-5-9-26(29)28-25-18-30-17-22(25)16-21-14-15-27-24-8-4-3-7-23(21)24/h3-4,7-8,10-15,22,25H,2,5-6,9,16-18H2,1H3,(H,28,29)/t22-,25+/m1/s1. The van der Waals surface area contributed by atoms with Crippen molar-refractivity contribution in [2.24, 2.45) is 5.92 Å². The van der Waals surface area contributed by atoms with E-state index in [-0.39, 0.29) is 11.9 Å². The summed E-state index contributed by atoms with van der Waals surface area (Å²) in [6, 6.07) is 19.1. The van der Waals surface area contributed by atoms with E-state index >= 15 is 0 Å². The molecule has 0 bridgehead atoms. The molecule has 4 nitrogen and oxygen atoms in total. The number of hydrogen-bond donors (Lipinski definition) is 1. The van der Waals surface area contributed by atoms with Gasteiger partial charge >= 0.3 is 0 Å². The molecule has 4 heteroatoms. The molecule has 1 aliphatic rings. The Bertz CT molecular complexity index is 978. The molecule has 0 radical (unpaired) electrons. The van der Waals surface area contributed by atoms with E-state index in [2.05, 4.69) is 53.6 Å². The molecular weight excluding hydrogens is 372 g/mol. The third-order valence-corrected chi connectivity index (χ3v) is 6.07. The summed E-state index contributed by atoms with van der Waals surface area (Å²) >= 11 is 0. The van der Waals surface area contributed by atoms with Gasteiger partial charge < -0.3 is 10.1 Å². The summed E-state index contributed by atoms with van der Waals surface area (Å²) < 4.78 is 5.72. The summed E-state index contributed by atoms with van der Waals surface area (Å²) in [7, 11) is 0. The first-order valence-electron chi connectivity index (χ1n) is 11.0. The Morgan fingerprint density at radius 2 is 1.87 bits per heavy atom. The van der Waals surface area contributed by atoms with E-state index in [1.165, 1.54) is 22.1 Å². The maximum absolute atomic E-state index is 12.5. The van der Waals surface area contributed by atoms with Crippen molar-refractivity contribution in [3.8, 4) is 0 Å². The number of pyridine rings is 1. The smallest absolute Gasteiger partial charge is 0.220 e. The molecule has 1 amide bonds. The summed E-state index contributed by atoms with van der Waals surface area (Å²) in [6.07, 6.45) is 6.17. The Kier molecular flexibility index (Phi) is 6.75. The first kappa shape index (κ1) is 20.5. The number of amides is 1. The van der Waals surface area contributed by atoms with Gasteiger partial charge in [0.1, 0.15) is 0 Å². The van der Waals surface area contributed by atoms with Crippen LogP contribution in [0.1, 0.15) is 36.5 Å². The van der Waals surface area contributed by atoms with Gasteiger partial charge in [-0.1, -0.05) is 49.4 Å². The molecular formula is C26H30N2O2. The van der Waals surface area contributed by atoms with Crippen LogP contribution in [0.4, 0.5) is 0 Å². The Hall–Kier alpha value is -2.72. The van der Waals surface area contributed by atoms with Crippen molar-refractivity contribution < 1.29 is 9.53 Å². The SMILES string of the molecule is CCc1ccc(CCCC(=O)N[C@H]2COC[C@H]2Cc2ccnc3ccccc23)cc1. The predicted molar refractivity (Wildman–Crippen MR) is 120 cm³/mol. The van der Waals surface area contributed by atoms with Crippen molar-refractivity contribution in [1.82, 2.24) is 10.3 Å². The number of hydrogen-bond acceptors (Lipinski definition) is 3. The summed E-state index contributed by atoms with van der Waals surface area (Å²) in [5, 5.41) is 4.41. The number of benzene rings is 2. The number of carbonyl (C=O) groups excluding carboxylic acids is 1. The largest absolute Gasteiger partial charge is 0.379 e. The van der Waals surface area contributed by atoms with E-state index in [0.29, 0.717) is 25.6 Å². The second-order valence-corrected chi connectivity index (χ2v) is 8.19. The van der Waals surface area contributed by atoms with Crippen molar-refractivity contribution >= 4 is 16.8 Å². The van der Waals surface area contributed by atoms with Gasteiger partial charge in [-0.05, 0) is 54.5 Å². The van der Waals surface area contributed by atoms with E-state index in [1.54, 1.807) is 0 Å².